The van der Waals surface area contributed by atoms with Gasteiger partial charge in [0.25, 0.3) is 0 Å². The van der Waals surface area contributed by atoms with E-state index < -0.39 is 0 Å². The van der Waals surface area contributed by atoms with Crippen LogP contribution in [0.25, 0.3) is 0 Å². The summed E-state index contributed by atoms with van der Waals surface area (Å²) in [6, 6.07) is 0.735. The smallest absolute Gasteiger partial charge is 0.193 e. The van der Waals surface area contributed by atoms with Crippen molar-refractivity contribution in [3.8, 4) is 0 Å². The van der Waals surface area contributed by atoms with Crippen LogP contribution >= 0.6 is 0 Å². The van der Waals surface area contributed by atoms with Crippen molar-refractivity contribution >= 4 is 5.96 Å². The molecule has 0 aromatic rings. The third-order valence-electron chi connectivity index (χ3n) is 4.97. The average molecular weight is 294 g/mol. The number of hydrogen-bond acceptors (Lipinski definition) is 3. The van der Waals surface area contributed by atoms with Gasteiger partial charge in [-0.05, 0) is 39.3 Å². The first kappa shape index (κ1) is 15.1. The number of ether oxygens (including phenoxy) is 1. The Balaban J connectivity index is 1.57. The minimum absolute atomic E-state index is 0.259. The van der Waals surface area contributed by atoms with Gasteiger partial charge in [0.15, 0.2) is 5.96 Å². The van der Waals surface area contributed by atoms with Gasteiger partial charge < -0.3 is 15.0 Å². The van der Waals surface area contributed by atoms with Crippen molar-refractivity contribution in [3.63, 3.8) is 0 Å². The van der Waals surface area contributed by atoms with Crippen molar-refractivity contribution in [3.05, 3.63) is 0 Å². The van der Waals surface area contributed by atoms with E-state index >= 15 is 0 Å². The average Bonchev–Trinajstić information content (AvgIpc) is 3.11. The summed E-state index contributed by atoms with van der Waals surface area (Å²) in [5, 5.41) is 3.47. The van der Waals surface area contributed by atoms with E-state index in [1.807, 2.05) is 0 Å². The molecule has 120 valence electrons. The number of rotatable bonds is 4. The fourth-order valence-electron chi connectivity index (χ4n) is 3.57. The molecule has 1 atom stereocenters. The first-order chi connectivity index (χ1) is 10.2. The molecule has 0 bridgehead atoms. The van der Waals surface area contributed by atoms with Gasteiger partial charge in [-0.25, -0.2) is 0 Å². The summed E-state index contributed by atoms with van der Waals surface area (Å²) < 4.78 is 5.33. The zero-order chi connectivity index (χ0) is 14.7. The van der Waals surface area contributed by atoms with Crippen LogP contribution in [0.3, 0.4) is 0 Å². The highest BCUT2D eigenvalue weighted by Crippen LogP contribution is 2.27. The third kappa shape index (κ3) is 3.51. The molecule has 0 radical (unpaired) electrons. The molecule has 3 fully saturated rings. The van der Waals surface area contributed by atoms with Gasteiger partial charge >= 0.3 is 0 Å². The van der Waals surface area contributed by atoms with E-state index in [0.29, 0.717) is 0 Å². The molecular weight excluding hydrogens is 264 g/mol. The van der Waals surface area contributed by atoms with Crippen LogP contribution in [0.15, 0.2) is 4.99 Å². The molecular formula is C16H30N4O. The molecule has 0 spiro atoms. The first-order valence-electron chi connectivity index (χ1n) is 8.55. The van der Waals surface area contributed by atoms with Crippen molar-refractivity contribution in [1.82, 2.24) is 15.1 Å². The normalized spacial score (nSPS) is 29.7. The summed E-state index contributed by atoms with van der Waals surface area (Å²) in [4.78, 5) is 10.0. The molecule has 21 heavy (non-hydrogen) atoms. The van der Waals surface area contributed by atoms with Gasteiger partial charge in [0, 0.05) is 31.1 Å². The van der Waals surface area contributed by atoms with E-state index in [1.165, 1.54) is 32.4 Å². The SMILES string of the molecule is CCNC(=NCC1(C)COC1)N1CCC(N2CCCC2)C1. The quantitative estimate of drug-likeness (QED) is 0.624. The summed E-state index contributed by atoms with van der Waals surface area (Å²) in [6.45, 7) is 12.8. The molecule has 0 saturated carbocycles. The molecule has 3 saturated heterocycles. The number of nitrogens with zero attached hydrogens (tertiary/aromatic N) is 3. The van der Waals surface area contributed by atoms with Gasteiger partial charge in [0.1, 0.15) is 0 Å². The maximum absolute atomic E-state index is 5.33. The minimum atomic E-state index is 0.259. The van der Waals surface area contributed by atoms with Crippen molar-refractivity contribution in [2.45, 2.75) is 39.2 Å². The van der Waals surface area contributed by atoms with E-state index in [4.69, 9.17) is 9.73 Å². The predicted octanol–water partition coefficient (Wildman–Crippen LogP) is 1.16. The van der Waals surface area contributed by atoms with Gasteiger partial charge in [0.05, 0.1) is 19.8 Å². The number of nitrogens with one attached hydrogen (secondary N) is 1. The lowest BCUT2D eigenvalue weighted by Crippen LogP contribution is -2.46. The van der Waals surface area contributed by atoms with E-state index in [1.54, 1.807) is 0 Å². The third-order valence-corrected chi connectivity index (χ3v) is 4.97. The van der Waals surface area contributed by atoms with Crippen molar-refractivity contribution in [1.29, 1.82) is 0 Å². The fourth-order valence-corrected chi connectivity index (χ4v) is 3.57. The van der Waals surface area contributed by atoms with Gasteiger partial charge in [-0.3, -0.25) is 9.89 Å². The fraction of sp³-hybridized carbons (Fsp3) is 0.938. The summed E-state index contributed by atoms with van der Waals surface area (Å²) in [7, 11) is 0. The number of guanidine groups is 1. The lowest BCUT2D eigenvalue weighted by molar-refractivity contribution is -0.0945. The van der Waals surface area contributed by atoms with Gasteiger partial charge in [-0.15, -0.1) is 0 Å². The minimum Gasteiger partial charge on any atom is -0.380 e. The summed E-state index contributed by atoms with van der Waals surface area (Å²) in [5.74, 6) is 1.10. The first-order valence-corrected chi connectivity index (χ1v) is 8.55. The Morgan fingerprint density at radius 3 is 2.67 bits per heavy atom. The Morgan fingerprint density at radius 1 is 1.29 bits per heavy atom. The molecule has 5 heteroatoms. The van der Waals surface area contributed by atoms with Crippen LogP contribution in [-0.4, -0.2) is 74.3 Å². The highest BCUT2D eigenvalue weighted by molar-refractivity contribution is 5.80. The summed E-state index contributed by atoms with van der Waals surface area (Å²) in [6.07, 6.45) is 4.04. The lowest BCUT2D eigenvalue weighted by atomic mass is 9.89. The number of likely N-dealkylation sites (tertiary alicyclic amines) is 2. The Morgan fingerprint density at radius 2 is 2.05 bits per heavy atom. The van der Waals surface area contributed by atoms with Crippen LogP contribution in [-0.2, 0) is 4.74 Å². The van der Waals surface area contributed by atoms with Crippen LogP contribution in [0.1, 0.15) is 33.1 Å². The molecule has 3 aliphatic rings. The second-order valence-corrected chi connectivity index (χ2v) is 7.11. The monoisotopic (exact) mass is 294 g/mol. The largest absolute Gasteiger partial charge is 0.380 e. The molecule has 3 aliphatic heterocycles. The molecule has 0 aromatic heterocycles. The van der Waals surface area contributed by atoms with Crippen LogP contribution in [0, 0.1) is 5.41 Å². The van der Waals surface area contributed by atoms with E-state index in [0.717, 1.165) is 51.4 Å². The molecule has 3 heterocycles. The van der Waals surface area contributed by atoms with Gasteiger partial charge in [-0.2, -0.15) is 0 Å². The Kier molecular flexibility index (Phi) is 4.69. The molecule has 1 unspecified atom stereocenters. The van der Waals surface area contributed by atoms with E-state index in [9.17, 15) is 0 Å². The van der Waals surface area contributed by atoms with Crippen LogP contribution in [0.5, 0.6) is 0 Å². The van der Waals surface area contributed by atoms with Crippen molar-refractivity contribution in [2.75, 3.05) is 52.5 Å². The number of hydrogen-bond donors (Lipinski definition) is 1. The van der Waals surface area contributed by atoms with Gasteiger partial charge in [0.2, 0.25) is 0 Å². The van der Waals surface area contributed by atoms with Gasteiger partial charge in [-0.1, -0.05) is 6.92 Å². The standard InChI is InChI=1S/C16H30N4O/c1-3-17-15(18-11-16(2)12-21-13-16)20-9-6-14(10-20)19-7-4-5-8-19/h14H,3-13H2,1-2H3,(H,17,18). The topological polar surface area (TPSA) is 40.1 Å². The van der Waals surface area contributed by atoms with E-state index in [-0.39, 0.29) is 5.41 Å². The second-order valence-electron chi connectivity index (χ2n) is 7.11. The van der Waals surface area contributed by atoms with Crippen molar-refractivity contribution < 1.29 is 4.74 Å². The maximum Gasteiger partial charge on any atom is 0.193 e. The molecule has 0 aliphatic carbocycles. The molecule has 0 aromatic carbocycles. The Bertz CT molecular complexity index is 374. The van der Waals surface area contributed by atoms with Crippen molar-refractivity contribution in [2.24, 2.45) is 10.4 Å². The maximum atomic E-state index is 5.33. The molecule has 3 rings (SSSR count). The molecule has 5 nitrogen and oxygen atoms in total. The zero-order valence-corrected chi connectivity index (χ0v) is 13.6. The highest BCUT2D eigenvalue weighted by Gasteiger charge is 2.34. The second kappa shape index (κ2) is 6.53. The van der Waals surface area contributed by atoms with Crippen LogP contribution in [0.2, 0.25) is 0 Å². The summed E-state index contributed by atoms with van der Waals surface area (Å²) in [5.41, 5.74) is 0.259. The predicted molar refractivity (Wildman–Crippen MR) is 85.7 cm³/mol. The Hall–Kier alpha value is -0.810. The number of aliphatic imine (C=N–C) groups is 1. The van der Waals surface area contributed by atoms with E-state index in [2.05, 4.69) is 29.0 Å². The lowest BCUT2D eigenvalue weighted by Gasteiger charge is -2.37. The zero-order valence-electron chi connectivity index (χ0n) is 13.6. The van der Waals surface area contributed by atoms with Crippen LogP contribution in [0.4, 0.5) is 0 Å². The van der Waals surface area contributed by atoms with Crippen LogP contribution < -0.4 is 5.32 Å². The summed E-state index contributed by atoms with van der Waals surface area (Å²) >= 11 is 0. The Labute approximate surface area is 128 Å². The highest BCUT2D eigenvalue weighted by atomic mass is 16.5. The molecule has 1 N–H and O–H groups in total. The molecule has 0 amide bonds.